The van der Waals surface area contributed by atoms with Gasteiger partial charge in [-0.15, -0.1) is 0 Å². The molecule has 1 aliphatic heterocycles. The first-order valence-corrected chi connectivity index (χ1v) is 14.2. The van der Waals surface area contributed by atoms with E-state index in [1.807, 2.05) is 42.6 Å². The molecular weight excluding hydrogens is 540 g/mol. The molecule has 0 bridgehead atoms. The highest BCUT2D eigenvalue weighted by Crippen LogP contribution is 2.45. The molecule has 40 heavy (non-hydrogen) atoms. The summed E-state index contributed by atoms with van der Waals surface area (Å²) in [5.74, 6) is 0.613. The molecule has 0 radical (unpaired) electrons. The monoisotopic (exact) mass is 574 g/mol. The molecule has 0 aliphatic carbocycles. The zero-order chi connectivity index (χ0) is 28.6. The number of thiocarbonyl (C=S) groups is 1. The first kappa shape index (κ1) is 28.1. The molecule has 5 rings (SSSR count). The molecule has 8 heteroatoms. The molecule has 1 saturated heterocycles. The van der Waals surface area contributed by atoms with Gasteiger partial charge < -0.3 is 24.3 Å². The third kappa shape index (κ3) is 5.21. The third-order valence-electron chi connectivity index (χ3n) is 7.48. The molecule has 2 atom stereocenters. The van der Waals surface area contributed by atoms with Crippen molar-refractivity contribution >= 4 is 34.6 Å². The number of nitrogens with zero attached hydrogens (tertiary/aromatic N) is 3. The Bertz CT molecular complexity index is 1530. The molecule has 1 aliphatic rings. The van der Waals surface area contributed by atoms with Gasteiger partial charge in [-0.1, -0.05) is 35.4 Å². The van der Waals surface area contributed by atoms with Gasteiger partial charge in [-0.2, -0.15) is 0 Å². The molecule has 6 nitrogen and oxygen atoms in total. The second kappa shape index (κ2) is 11.6. The van der Waals surface area contributed by atoms with E-state index in [4.69, 9.17) is 38.3 Å². The molecule has 4 aromatic rings. The van der Waals surface area contributed by atoms with Gasteiger partial charge in [0.2, 0.25) is 0 Å². The molecule has 208 valence electrons. The van der Waals surface area contributed by atoms with Crippen molar-refractivity contribution in [3.05, 3.63) is 105 Å². The van der Waals surface area contributed by atoms with Crippen molar-refractivity contribution in [3.63, 3.8) is 0 Å². The van der Waals surface area contributed by atoms with Crippen molar-refractivity contribution in [2.45, 2.75) is 46.7 Å². The first-order valence-electron chi connectivity index (χ1n) is 13.4. The van der Waals surface area contributed by atoms with Crippen molar-refractivity contribution in [2.24, 2.45) is 0 Å². The van der Waals surface area contributed by atoms with Crippen LogP contribution in [0.1, 0.15) is 51.4 Å². The lowest BCUT2D eigenvalue weighted by molar-refractivity contribution is 0.146. The summed E-state index contributed by atoms with van der Waals surface area (Å²) in [6.07, 6.45) is 1.82. The standard InChI is InChI=1S/C32H35ClN4O2S/c1-19-15-20(2)30(21(3)16-19)36-22(4)17-25(23(36)5)31-29(27-9-7-8-12-34-27)35-32(40)37(31)24-10-11-28(26(33)18-24)39-14-13-38-6/h7-12,15-18,29,31H,13-14H2,1-6H3,(H,35,40)/t29-,31+/m1/s1. The largest absolute Gasteiger partial charge is 0.490 e. The van der Waals surface area contributed by atoms with Crippen molar-refractivity contribution in [1.82, 2.24) is 14.9 Å². The number of hydrogen-bond donors (Lipinski definition) is 1. The molecule has 2 aromatic heterocycles. The van der Waals surface area contributed by atoms with Gasteiger partial charge in [0.15, 0.2) is 5.11 Å². The lowest BCUT2D eigenvalue weighted by Gasteiger charge is -2.28. The summed E-state index contributed by atoms with van der Waals surface area (Å²) in [5.41, 5.74) is 10.3. The fourth-order valence-electron chi connectivity index (χ4n) is 5.90. The molecule has 3 heterocycles. The highest BCUT2D eigenvalue weighted by atomic mass is 35.5. The number of aromatic nitrogens is 2. The fraction of sp³-hybridized carbons (Fsp3) is 0.312. The van der Waals surface area contributed by atoms with E-state index >= 15 is 0 Å². The van der Waals surface area contributed by atoms with Crippen LogP contribution in [-0.4, -0.2) is 35.0 Å². The Labute approximate surface area is 246 Å². The van der Waals surface area contributed by atoms with Crippen LogP contribution >= 0.6 is 23.8 Å². The van der Waals surface area contributed by atoms with E-state index in [1.165, 1.54) is 39.3 Å². The van der Waals surface area contributed by atoms with E-state index in [2.05, 4.69) is 67.6 Å². The Kier molecular flexibility index (Phi) is 8.17. The number of nitrogens with one attached hydrogen (secondary N) is 1. The number of methoxy groups -OCH3 is 1. The second-order valence-corrected chi connectivity index (χ2v) is 11.2. The van der Waals surface area contributed by atoms with Crippen molar-refractivity contribution < 1.29 is 9.47 Å². The van der Waals surface area contributed by atoms with Crippen LogP contribution in [0, 0.1) is 34.6 Å². The minimum atomic E-state index is -0.153. The third-order valence-corrected chi connectivity index (χ3v) is 8.09. The maximum absolute atomic E-state index is 6.70. The van der Waals surface area contributed by atoms with Gasteiger partial charge in [0.1, 0.15) is 12.4 Å². The average molecular weight is 575 g/mol. The lowest BCUT2D eigenvalue weighted by atomic mass is 9.96. The van der Waals surface area contributed by atoms with E-state index in [1.54, 1.807) is 7.11 Å². The van der Waals surface area contributed by atoms with Crippen molar-refractivity contribution in [2.75, 3.05) is 25.2 Å². The van der Waals surface area contributed by atoms with E-state index in [0.717, 1.165) is 11.4 Å². The quantitative estimate of drug-likeness (QED) is 0.176. The van der Waals surface area contributed by atoms with E-state index in [9.17, 15) is 0 Å². The van der Waals surface area contributed by atoms with Crippen LogP contribution in [-0.2, 0) is 4.74 Å². The summed E-state index contributed by atoms with van der Waals surface area (Å²) in [5, 5.41) is 4.71. The number of benzene rings is 2. The predicted octanol–water partition coefficient (Wildman–Crippen LogP) is 7.27. The van der Waals surface area contributed by atoms with Crippen LogP contribution in [0.25, 0.3) is 5.69 Å². The van der Waals surface area contributed by atoms with Crippen LogP contribution in [0.2, 0.25) is 5.02 Å². The molecule has 2 aromatic carbocycles. The van der Waals surface area contributed by atoms with Gasteiger partial charge in [-0.25, -0.2) is 0 Å². The molecule has 1 fully saturated rings. The summed E-state index contributed by atoms with van der Waals surface area (Å²) in [6.45, 7) is 11.8. The van der Waals surface area contributed by atoms with Crippen molar-refractivity contribution in [3.8, 4) is 11.4 Å². The zero-order valence-electron chi connectivity index (χ0n) is 23.8. The van der Waals surface area contributed by atoms with Crippen LogP contribution in [0.3, 0.4) is 0 Å². The van der Waals surface area contributed by atoms with Crippen LogP contribution in [0.15, 0.2) is 60.8 Å². The SMILES string of the molecule is COCCOc1ccc(N2C(=S)N[C@H](c3ccccn3)[C@@H]2c2cc(C)n(-c3c(C)cc(C)cc3C)c2C)cc1Cl. The smallest absolute Gasteiger partial charge is 0.174 e. The summed E-state index contributed by atoms with van der Waals surface area (Å²) in [4.78, 5) is 6.87. The number of ether oxygens (including phenoxy) is 2. The van der Waals surface area contributed by atoms with Crippen molar-refractivity contribution in [1.29, 1.82) is 0 Å². The molecule has 0 spiro atoms. The average Bonchev–Trinajstić information content (AvgIpc) is 3.40. The summed E-state index contributed by atoms with van der Waals surface area (Å²) in [6, 6.07) is 18.3. The normalized spacial score (nSPS) is 16.9. The lowest BCUT2D eigenvalue weighted by Crippen LogP contribution is -2.29. The Morgan fingerprint density at radius 3 is 2.38 bits per heavy atom. The Morgan fingerprint density at radius 1 is 0.975 bits per heavy atom. The summed E-state index contributed by atoms with van der Waals surface area (Å²) in [7, 11) is 1.64. The molecular formula is C32H35ClN4O2S. The summed E-state index contributed by atoms with van der Waals surface area (Å²) < 4.78 is 13.3. The minimum Gasteiger partial charge on any atom is -0.490 e. The van der Waals surface area contributed by atoms with Crippen LogP contribution < -0.4 is 15.0 Å². The highest BCUT2D eigenvalue weighted by Gasteiger charge is 2.42. The number of rotatable bonds is 8. The zero-order valence-corrected chi connectivity index (χ0v) is 25.4. The molecule has 0 unspecified atom stereocenters. The number of halogens is 1. The van der Waals surface area contributed by atoms with Gasteiger partial charge in [-0.05, 0) is 99.9 Å². The highest BCUT2D eigenvalue weighted by molar-refractivity contribution is 7.80. The number of pyridine rings is 1. The number of hydrogen-bond acceptors (Lipinski definition) is 4. The first-order chi connectivity index (χ1) is 19.2. The van der Waals surface area contributed by atoms with E-state index in [0.29, 0.717) is 29.1 Å². The predicted molar refractivity (Wildman–Crippen MR) is 166 cm³/mol. The fourth-order valence-corrected chi connectivity index (χ4v) is 6.47. The van der Waals surface area contributed by atoms with Crippen LogP contribution in [0.4, 0.5) is 5.69 Å². The van der Waals surface area contributed by atoms with Crippen LogP contribution in [0.5, 0.6) is 5.75 Å². The molecule has 0 amide bonds. The minimum absolute atomic E-state index is 0.148. The van der Waals surface area contributed by atoms with Gasteiger partial charge in [-0.3, -0.25) is 4.98 Å². The molecule has 1 N–H and O–H groups in total. The van der Waals surface area contributed by atoms with Gasteiger partial charge >= 0.3 is 0 Å². The number of anilines is 1. The number of aryl methyl sites for hydroxylation is 4. The second-order valence-electron chi connectivity index (χ2n) is 10.4. The maximum atomic E-state index is 6.70. The Hall–Kier alpha value is -3.39. The molecule has 0 saturated carbocycles. The summed E-state index contributed by atoms with van der Waals surface area (Å²) >= 11 is 12.7. The van der Waals surface area contributed by atoms with Gasteiger partial charge in [0.05, 0.1) is 35.1 Å². The van der Waals surface area contributed by atoms with Gasteiger partial charge in [0, 0.05) is 30.4 Å². The van der Waals surface area contributed by atoms with Gasteiger partial charge in [0.25, 0.3) is 0 Å². The topological polar surface area (TPSA) is 51.6 Å². The van der Waals surface area contributed by atoms with E-state index < -0.39 is 0 Å². The maximum Gasteiger partial charge on any atom is 0.174 e. The van der Waals surface area contributed by atoms with E-state index in [-0.39, 0.29) is 12.1 Å². The Morgan fingerprint density at radius 2 is 1.73 bits per heavy atom. The Balaban J connectivity index is 1.64.